The lowest BCUT2D eigenvalue weighted by molar-refractivity contribution is 0.630. The number of hydrogen-bond acceptors (Lipinski definition) is 2. The van der Waals surface area contributed by atoms with Gasteiger partial charge in [0.2, 0.25) is 0 Å². The number of rotatable bonds is 1. The van der Waals surface area contributed by atoms with Crippen LogP contribution in [0, 0.1) is 10.5 Å². The highest BCUT2D eigenvalue weighted by atomic mass is 35.5. The van der Waals surface area contributed by atoms with E-state index in [1.54, 1.807) is 12.1 Å². The molecule has 2 rings (SSSR count). The van der Waals surface area contributed by atoms with Gasteiger partial charge in [0.05, 0.1) is 18.1 Å². The Labute approximate surface area is 95.8 Å². The second kappa shape index (κ2) is 4.08. The van der Waals surface area contributed by atoms with Gasteiger partial charge in [-0.25, -0.2) is 4.39 Å². The molecule has 1 aromatic carbocycles. The number of halogens is 2. The average molecular weight is 241 g/mol. The maximum absolute atomic E-state index is 13.5. The first-order chi connectivity index (χ1) is 7.16. The molecule has 0 aliphatic carbocycles. The van der Waals surface area contributed by atoms with E-state index in [9.17, 15) is 4.39 Å². The average Bonchev–Trinajstić information content (AvgIpc) is 2.17. The molecule has 2 aromatic rings. The molecule has 0 radical (unpaired) electrons. The normalized spacial score (nSPS) is 10.3. The molecule has 1 heterocycles. The van der Waals surface area contributed by atoms with Crippen molar-refractivity contribution < 1.29 is 4.39 Å². The second-order valence-corrected chi connectivity index (χ2v) is 3.81. The first kappa shape index (κ1) is 10.3. The molecule has 0 bridgehead atoms. The van der Waals surface area contributed by atoms with E-state index in [0.29, 0.717) is 20.9 Å². The number of aromatic nitrogens is 2. The van der Waals surface area contributed by atoms with Crippen LogP contribution in [-0.4, -0.2) is 9.97 Å². The zero-order valence-electron chi connectivity index (χ0n) is 7.50. The molecule has 0 aliphatic heterocycles. The first-order valence-corrected chi connectivity index (χ1v) is 4.95. The zero-order valence-corrected chi connectivity index (χ0v) is 9.07. The standard InChI is InChI=1S/C10H6ClFN2S/c11-6-1-2-7(8(12)3-6)9-4-13-5-10(15)14-9/h1-5H,(H,14,15). The van der Waals surface area contributed by atoms with Crippen LogP contribution in [0.4, 0.5) is 4.39 Å². The summed E-state index contributed by atoms with van der Waals surface area (Å²) in [6.07, 6.45) is 3.01. The monoisotopic (exact) mass is 240 g/mol. The molecule has 0 saturated carbocycles. The molecule has 0 unspecified atom stereocenters. The Hall–Kier alpha value is -1.26. The van der Waals surface area contributed by atoms with Crippen molar-refractivity contribution >= 4 is 23.8 Å². The van der Waals surface area contributed by atoms with E-state index >= 15 is 0 Å². The van der Waals surface area contributed by atoms with Gasteiger partial charge in [0, 0.05) is 10.6 Å². The Morgan fingerprint density at radius 1 is 1.33 bits per heavy atom. The van der Waals surface area contributed by atoms with Crippen LogP contribution in [0.1, 0.15) is 0 Å². The summed E-state index contributed by atoms with van der Waals surface area (Å²) >= 11 is 10.6. The molecule has 0 spiro atoms. The Morgan fingerprint density at radius 2 is 2.13 bits per heavy atom. The third-order valence-corrected chi connectivity index (χ3v) is 2.32. The van der Waals surface area contributed by atoms with E-state index in [0.717, 1.165) is 0 Å². The van der Waals surface area contributed by atoms with Crippen LogP contribution in [0.2, 0.25) is 5.02 Å². The minimum atomic E-state index is -0.402. The quantitative estimate of drug-likeness (QED) is 0.772. The van der Waals surface area contributed by atoms with Crippen molar-refractivity contribution in [2.75, 3.05) is 0 Å². The third kappa shape index (κ3) is 2.22. The van der Waals surface area contributed by atoms with Gasteiger partial charge in [-0.2, -0.15) is 0 Å². The third-order valence-electron chi connectivity index (χ3n) is 1.87. The summed E-state index contributed by atoms with van der Waals surface area (Å²) in [7, 11) is 0. The van der Waals surface area contributed by atoms with Crippen molar-refractivity contribution in [2.24, 2.45) is 0 Å². The van der Waals surface area contributed by atoms with E-state index < -0.39 is 5.82 Å². The minimum Gasteiger partial charge on any atom is -0.343 e. The van der Waals surface area contributed by atoms with Crippen LogP contribution in [0.15, 0.2) is 30.6 Å². The summed E-state index contributed by atoms with van der Waals surface area (Å²) in [5.74, 6) is -0.402. The molecule has 0 fully saturated rings. The van der Waals surface area contributed by atoms with Gasteiger partial charge in [-0.3, -0.25) is 4.98 Å². The van der Waals surface area contributed by atoms with Gasteiger partial charge >= 0.3 is 0 Å². The van der Waals surface area contributed by atoms with Gasteiger partial charge in [-0.1, -0.05) is 23.8 Å². The number of nitrogens with one attached hydrogen (secondary N) is 1. The fraction of sp³-hybridized carbons (Fsp3) is 0. The second-order valence-electron chi connectivity index (χ2n) is 2.93. The minimum absolute atomic E-state index is 0.360. The predicted molar refractivity (Wildman–Crippen MR) is 59.8 cm³/mol. The van der Waals surface area contributed by atoms with Crippen molar-refractivity contribution in [1.82, 2.24) is 9.97 Å². The first-order valence-electron chi connectivity index (χ1n) is 4.16. The highest BCUT2D eigenvalue weighted by Gasteiger charge is 2.05. The van der Waals surface area contributed by atoms with Gasteiger partial charge in [0.1, 0.15) is 10.5 Å². The lowest BCUT2D eigenvalue weighted by Gasteiger charge is -2.02. The van der Waals surface area contributed by atoms with E-state index in [1.807, 2.05) is 0 Å². The molecule has 0 atom stereocenters. The maximum atomic E-state index is 13.5. The molecule has 5 heteroatoms. The maximum Gasteiger partial charge on any atom is 0.134 e. The van der Waals surface area contributed by atoms with Crippen molar-refractivity contribution in [2.45, 2.75) is 0 Å². The summed E-state index contributed by atoms with van der Waals surface area (Å²) in [5.41, 5.74) is 0.940. The summed E-state index contributed by atoms with van der Waals surface area (Å²) < 4.78 is 14.0. The van der Waals surface area contributed by atoms with Gasteiger partial charge in [0.25, 0.3) is 0 Å². The molecule has 2 nitrogen and oxygen atoms in total. The number of hydrogen-bond donors (Lipinski definition) is 1. The van der Waals surface area contributed by atoms with E-state index in [1.165, 1.54) is 18.5 Å². The molecule has 0 aliphatic rings. The molecule has 1 N–H and O–H groups in total. The van der Waals surface area contributed by atoms with Gasteiger partial charge in [-0.15, -0.1) is 0 Å². The SMILES string of the molecule is Fc1cc(Cl)ccc1-c1cncc(=S)[nH]1. The van der Waals surface area contributed by atoms with Crippen LogP contribution in [0.25, 0.3) is 11.3 Å². The van der Waals surface area contributed by atoms with Crippen LogP contribution >= 0.6 is 23.8 Å². The van der Waals surface area contributed by atoms with Crippen molar-refractivity contribution in [3.8, 4) is 11.3 Å². The van der Waals surface area contributed by atoms with Crippen LogP contribution in [-0.2, 0) is 0 Å². The summed E-state index contributed by atoms with van der Waals surface area (Å²) in [6, 6.07) is 4.45. The van der Waals surface area contributed by atoms with Crippen molar-refractivity contribution in [3.63, 3.8) is 0 Å². The van der Waals surface area contributed by atoms with Gasteiger partial charge < -0.3 is 4.98 Å². The lowest BCUT2D eigenvalue weighted by atomic mass is 10.1. The highest BCUT2D eigenvalue weighted by molar-refractivity contribution is 7.71. The largest absolute Gasteiger partial charge is 0.343 e. The fourth-order valence-electron chi connectivity index (χ4n) is 1.22. The number of benzene rings is 1. The Morgan fingerprint density at radius 3 is 2.80 bits per heavy atom. The summed E-state index contributed by atoms with van der Waals surface area (Å²) in [5, 5.41) is 0.360. The van der Waals surface area contributed by atoms with Crippen LogP contribution < -0.4 is 0 Å². The van der Waals surface area contributed by atoms with Crippen LogP contribution in [0.5, 0.6) is 0 Å². The zero-order chi connectivity index (χ0) is 10.8. The number of aromatic amines is 1. The number of H-pyrrole nitrogens is 1. The summed E-state index contributed by atoms with van der Waals surface area (Å²) in [6.45, 7) is 0. The predicted octanol–water partition coefficient (Wildman–Crippen LogP) is 3.60. The van der Waals surface area contributed by atoms with Crippen molar-refractivity contribution in [3.05, 3.63) is 46.1 Å². The Kier molecular flexibility index (Phi) is 2.79. The Bertz CT molecular complexity index is 553. The molecule has 76 valence electrons. The van der Waals surface area contributed by atoms with E-state index in [2.05, 4.69) is 9.97 Å². The van der Waals surface area contributed by atoms with E-state index in [4.69, 9.17) is 23.8 Å². The molecule has 15 heavy (non-hydrogen) atoms. The van der Waals surface area contributed by atoms with E-state index in [-0.39, 0.29) is 0 Å². The molecule has 0 amide bonds. The van der Waals surface area contributed by atoms with Crippen LogP contribution in [0.3, 0.4) is 0 Å². The fourth-order valence-corrected chi connectivity index (χ4v) is 1.55. The molecule has 1 aromatic heterocycles. The van der Waals surface area contributed by atoms with Gasteiger partial charge in [-0.05, 0) is 18.2 Å². The smallest absolute Gasteiger partial charge is 0.134 e. The highest BCUT2D eigenvalue weighted by Crippen LogP contribution is 2.22. The lowest BCUT2D eigenvalue weighted by Crippen LogP contribution is -1.89. The topological polar surface area (TPSA) is 28.7 Å². The Balaban J connectivity index is 2.59. The number of nitrogens with zero attached hydrogens (tertiary/aromatic N) is 1. The van der Waals surface area contributed by atoms with Gasteiger partial charge in [0.15, 0.2) is 0 Å². The van der Waals surface area contributed by atoms with Crippen molar-refractivity contribution in [1.29, 1.82) is 0 Å². The molecule has 0 saturated heterocycles. The molecular weight excluding hydrogens is 235 g/mol. The summed E-state index contributed by atoms with van der Waals surface area (Å²) in [4.78, 5) is 6.74. The molecular formula is C10H6ClFN2S.